The molecule has 0 bridgehead atoms. The zero-order chi connectivity index (χ0) is 12.1. The van der Waals surface area contributed by atoms with Crippen molar-refractivity contribution >= 4 is 27.4 Å². The van der Waals surface area contributed by atoms with Crippen LogP contribution in [0.4, 0.5) is 11.5 Å². The molecule has 0 amide bonds. The number of methoxy groups -OCH3 is 1. The molecule has 0 atom stereocenters. The lowest BCUT2D eigenvalue weighted by atomic mass is 10.2. The van der Waals surface area contributed by atoms with E-state index in [1.807, 2.05) is 24.3 Å². The van der Waals surface area contributed by atoms with Gasteiger partial charge in [0.2, 0.25) is 0 Å². The summed E-state index contributed by atoms with van der Waals surface area (Å²) in [6, 6.07) is 7.95. The van der Waals surface area contributed by atoms with Crippen LogP contribution in [0.15, 0.2) is 41.3 Å². The average molecular weight is 294 g/mol. The molecule has 2 aromatic rings. The summed E-state index contributed by atoms with van der Waals surface area (Å²) in [5, 5.41) is 3.25. The fourth-order valence-corrected chi connectivity index (χ4v) is 1.78. The van der Waals surface area contributed by atoms with Crippen LogP contribution in [-0.2, 0) is 11.3 Å². The summed E-state index contributed by atoms with van der Waals surface area (Å²) in [7, 11) is 1.68. The van der Waals surface area contributed by atoms with Gasteiger partial charge in [-0.15, -0.1) is 0 Å². The van der Waals surface area contributed by atoms with Crippen LogP contribution in [0.2, 0.25) is 0 Å². The molecule has 0 saturated carbocycles. The zero-order valence-electron chi connectivity index (χ0n) is 9.35. The maximum atomic E-state index is 5.15. The molecule has 17 heavy (non-hydrogen) atoms. The molecule has 0 aliphatic heterocycles. The summed E-state index contributed by atoms with van der Waals surface area (Å²) in [6.45, 7) is 0.561. The Morgan fingerprint density at radius 1 is 1.35 bits per heavy atom. The number of anilines is 2. The molecular formula is C12H12BrN3O. The number of rotatable bonds is 4. The van der Waals surface area contributed by atoms with E-state index in [0.29, 0.717) is 6.61 Å². The van der Waals surface area contributed by atoms with Gasteiger partial charge in [0.05, 0.1) is 11.1 Å². The lowest BCUT2D eigenvalue weighted by Gasteiger charge is -2.11. The van der Waals surface area contributed by atoms with Crippen molar-refractivity contribution in [3.63, 3.8) is 0 Å². The highest BCUT2D eigenvalue weighted by atomic mass is 79.9. The quantitative estimate of drug-likeness (QED) is 0.941. The Morgan fingerprint density at radius 3 is 2.94 bits per heavy atom. The maximum Gasteiger partial charge on any atom is 0.148 e. The molecule has 1 N–H and O–H groups in total. The standard InChI is InChI=1S/C12H12BrN3O/c1-17-7-9-4-2-3-5-11(9)16-12-10(13)6-14-8-15-12/h2-6,8H,7H2,1H3,(H,14,15,16). The van der Waals surface area contributed by atoms with Gasteiger partial charge in [-0.25, -0.2) is 9.97 Å². The largest absolute Gasteiger partial charge is 0.380 e. The van der Waals surface area contributed by atoms with Crippen LogP contribution in [0.3, 0.4) is 0 Å². The molecule has 1 heterocycles. The van der Waals surface area contributed by atoms with Gasteiger partial charge in [-0.3, -0.25) is 0 Å². The van der Waals surface area contributed by atoms with E-state index in [-0.39, 0.29) is 0 Å². The van der Waals surface area contributed by atoms with Gasteiger partial charge in [-0.2, -0.15) is 0 Å². The predicted octanol–water partition coefficient (Wildman–Crippen LogP) is 3.13. The van der Waals surface area contributed by atoms with Crippen molar-refractivity contribution in [2.75, 3.05) is 12.4 Å². The minimum Gasteiger partial charge on any atom is -0.380 e. The van der Waals surface area contributed by atoms with Crippen molar-refractivity contribution in [3.05, 3.63) is 46.8 Å². The second-order valence-electron chi connectivity index (χ2n) is 3.43. The number of halogens is 1. The van der Waals surface area contributed by atoms with Gasteiger partial charge < -0.3 is 10.1 Å². The molecule has 0 saturated heterocycles. The number of ether oxygens (including phenoxy) is 1. The Morgan fingerprint density at radius 2 is 2.18 bits per heavy atom. The van der Waals surface area contributed by atoms with E-state index < -0.39 is 0 Å². The topological polar surface area (TPSA) is 47.0 Å². The highest BCUT2D eigenvalue weighted by molar-refractivity contribution is 9.10. The van der Waals surface area contributed by atoms with E-state index in [1.54, 1.807) is 13.3 Å². The van der Waals surface area contributed by atoms with E-state index >= 15 is 0 Å². The second-order valence-corrected chi connectivity index (χ2v) is 4.29. The van der Waals surface area contributed by atoms with Crippen LogP contribution in [-0.4, -0.2) is 17.1 Å². The smallest absolute Gasteiger partial charge is 0.148 e. The van der Waals surface area contributed by atoms with Crippen molar-refractivity contribution in [2.24, 2.45) is 0 Å². The molecule has 1 aromatic heterocycles. The fourth-order valence-electron chi connectivity index (χ4n) is 1.46. The van der Waals surface area contributed by atoms with E-state index in [1.165, 1.54) is 6.33 Å². The van der Waals surface area contributed by atoms with Crippen LogP contribution in [0.5, 0.6) is 0 Å². The van der Waals surface area contributed by atoms with E-state index in [0.717, 1.165) is 21.5 Å². The van der Waals surface area contributed by atoms with Crippen LogP contribution in [0.25, 0.3) is 0 Å². The average Bonchev–Trinajstić information content (AvgIpc) is 2.35. The number of aromatic nitrogens is 2. The van der Waals surface area contributed by atoms with Crippen LogP contribution in [0, 0.1) is 0 Å². The highest BCUT2D eigenvalue weighted by Gasteiger charge is 2.05. The molecule has 88 valence electrons. The summed E-state index contributed by atoms with van der Waals surface area (Å²) in [5.41, 5.74) is 2.06. The normalized spacial score (nSPS) is 10.2. The van der Waals surface area contributed by atoms with Gasteiger partial charge in [-0.05, 0) is 22.0 Å². The van der Waals surface area contributed by atoms with E-state index in [4.69, 9.17) is 4.74 Å². The molecular weight excluding hydrogens is 282 g/mol. The van der Waals surface area contributed by atoms with Crippen molar-refractivity contribution in [3.8, 4) is 0 Å². The SMILES string of the molecule is COCc1ccccc1Nc1ncncc1Br. The summed E-state index contributed by atoms with van der Waals surface area (Å²) in [4.78, 5) is 8.09. The molecule has 0 radical (unpaired) electrons. The first-order chi connectivity index (χ1) is 8.31. The summed E-state index contributed by atoms with van der Waals surface area (Å²) < 4.78 is 5.98. The Balaban J connectivity index is 2.27. The molecule has 1 aromatic carbocycles. The molecule has 0 fully saturated rings. The van der Waals surface area contributed by atoms with Gasteiger partial charge >= 0.3 is 0 Å². The highest BCUT2D eigenvalue weighted by Crippen LogP contribution is 2.24. The number of para-hydroxylation sites is 1. The Labute approximate surface area is 108 Å². The van der Waals surface area contributed by atoms with Gasteiger partial charge in [0.25, 0.3) is 0 Å². The zero-order valence-corrected chi connectivity index (χ0v) is 10.9. The molecule has 0 aliphatic rings. The summed E-state index contributed by atoms with van der Waals surface area (Å²) in [5.74, 6) is 0.739. The number of benzene rings is 1. The van der Waals surface area contributed by atoms with E-state index in [2.05, 4.69) is 31.2 Å². The van der Waals surface area contributed by atoms with Crippen molar-refractivity contribution < 1.29 is 4.74 Å². The van der Waals surface area contributed by atoms with Gasteiger partial charge in [0, 0.05) is 24.6 Å². The molecule has 4 nitrogen and oxygen atoms in total. The third-order valence-electron chi connectivity index (χ3n) is 2.24. The molecule has 5 heteroatoms. The summed E-state index contributed by atoms with van der Waals surface area (Å²) >= 11 is 3.40. The third kappa shape index (κ3) is 3.01. The van der Waals surface area contributed by atoms with Gasteiger partial charge in [0.1, 0.15) is 12.1 Å². The first-order valence-electron chi connectivity index (χ1n) is 5.10. The molecule has 2 rings (SSSR count). The summed E-state index contributed by atoms with van der Waals surface area (Å²) in [6.07, 6.45) is 3.21. The first-order valence-corrected chi connectivity index (χ1v) is 5.90. The lowest BCUT2D eigenvalue weighted by molar-refractivity contribution is 0.185. The van der Waals surface area contributed by atoms with Crippen molar-refractivity contribution in [1.82, 2.24) is 9.97 Å². The van der Waals surface area contributed by atoms with Crippen molar-refractivity contribution in [1.29, 1.82) is 0 Å². The number of hydrogen-bond donors (Lipinski definition) is 1. The molecule has 0 spiro atoms. The number of nitrogens with one attached hydrogen (secondary N) is 1. The Kier molecular flexibility index (Phi) is 4.06. The third-order valence-corrected chi connectivity index (χ3v) is 2.82. The van der Waals surface area contributed by atoms with Crippen LogP contribution >= 0.6 is 15.9 Å². The Hall–Kier alpha value is -1.46. The number of nitrogens with zero attached hydrogens (tertiary/aromatic N) is 2. The molecule has 0 aliphatic carbocycles. The maximum absolute atomic E-state index is 5.15. The monoisotopic (exact) mass is 293 g/mol. The van der Waals surface area contributed by atoms with Crippen LogP contribution in [0.1, 0.15) is 5.56 Å². The van der Waals surface area contributed by atoms with E-state index in [9.17, 15) is 0 Å². The molecule has 0 unspecified atom stereocenters. The first kappa shape index (κ1) is 12.0. The lowest BCUT2D eigenvalue weighted by Crippen LogP contribution is -1.99. The predicted molar refractivity (Wildman–Crippen MR) is 70.2 cm³/mol. The van der Waals surface area contributed by atoms with Gasteiger partial charge in [-0.1, -0.05) is 18.2 Å². The minimum absolute atomic E-state index is 0.561. The fraction of sp³-hybridized carbons (Fsp3) is 0.167. The Bertz CT molecular complexity index is 505. The minimum atomic E-state index is 0.561. The second kappa shape index (κ2) is 5.75. The van der Waals surface area contributed by atoms with Gasteiger partial charge in [0.15, 0.2) is 0 Å². The van der Waals surface area contributed by atoms with Crippen molar-refractivity contribution in [2.45, 2.75) is 6.61 Å². The number of hydrogen-bond acceptors (Lipinski definition) is 4. The van der Waals surface area contributed by atoms with Crippen LogP contribution < -0.4 is 5.32 Å².